The molecule has 0 N–H and O–H groups in total. The highest BCUT2D eigenvalue weighted by atomic mass is 16.5. The highest BCUT2D eigenvalue weighted by Gasteiger charge is 2.27. The molecule has 0 amide bonds. The molecule has 3 rings (SSSR count). The lowest BCUT2D eigenvalue weighted by Gasteiger charge is -2.31. The summed E-state index contributed by atoms with van der Waals surface area (Å²) in [7, 11) is 0. The minimum absolute atomic E-state index is 0.132. The molecule has 0 aliphatic carbocycles. The Kier molecular flexibility index (Phi) is 2.89. The molecule has 102 valence electrons. The van der Waals surface area contributed by atoms with Crippen LogP contribution in [0.25, 0.3) is 0 Å². The van der Waals surface area contributed by atoms with Gasteiger partial charge in [0.2, 0.25) is 5.89 Å². The van der Waals surface area contributed by atoms with Crippen LogP contribution in [0.3, 0.4) is 0 Å². The van der Waals surface area contributed by atoms with Gasteiger partial charge in [0.25, 0.3) is 0 Å². The van der Waals surface area contributed by atoms with Gasteiger partial charge in [0.1, 0.15) is 5.82 Å². The number of aryl methyl sites for hydroxylation is 2. The molecule has 2 aromatic heterocycles. The molecule has 0 aromatic carbocycles. The fraction of sp³-hybridized carbons (Fsp3) is 0.615. The molecule has 1 atom stereocenters. The predicted octanol–water partition coefficient (Wildman–Crippen LogP) is 1.77. The third-order valence-corrected chi connectivity index (χ3v) is 3.94. The van der Waals surface area contributed by atoms with Crippen molar-refractivity contribution < 1.29 is 4.52 Å². The van der Waals surface area contributed by atoms with Crippen LogP contribution in [0.5, 0.6) is 0 Å². The van der Waals surface area contributed by atoms with Crippen LogP contribution in [0.4, 0.5) is 0 Å². The van der Waals surface area contributed by atoms with E-state index in [4.69, 9.17) is 4.52 Å². The average molecular weight is 261 g/mol. The fourth-order valence-corrected chi connectivity index (χ4v) is 2.60. The number of aromatic nitrogens is 4. The first-order valence-electron chi connectivity index (χ1n) is 6.63. The maximum atomic E-state index is 5.27. The van der Waals surface area contributed by atoms with E-state index in [1.165, 1.54) is 5.69 Å². The van der Waals surface area contributed by atoms with Gasteiger partial charge >= 0.3 is 0 Å². The van der Waals surface area contributed by atoms with Crippen LogP contribution in [0, 0.1) is 20.8 Å². The van der Waals surface area contributed by atoms with Gasteiger partial charge in [0, 0.05) is 18.8 Å². The van der Waals surface area contributed by atoms with Crippen LogP contribution in [0.1, 0.15) is 41.9 Å². The molecule has 3 heterocycles. The van der Waals surface area contributed by atoms with Crippen molar-refractivity contribution in [1.29, 1.82) is 0 Å². The lowest BCUT2D eigenvalue weighted by molar-refractivity contribution is 0.135. The Bertz CT molecular complexity index is 600. The van der Waals surface area contributed by atoms with Crippen LogP contribution in [-0.4, -0.2) is 31.1 Å². The van der Waals surface area contributed by atoms with Crippen molar-refractivity contribution in [1.82, 2.24) is 24.6 Å². The van der Waals surface area contributed by atoms with Gasteiger partial charge in [-0.3, -0.25) is 4.90 Å². The van der Waals surface area contributed by atoms with Gasteiger partial charge in [0.05, 0.1) is 18.3 Å². The Hall–Kier alpha value is -1.69. The van der Waals surface area contributed by atoms with Crippen molar-refractivity contribution in [2.45, 2.75) is 46.8 Å². The fourth-order valence-electron chi connectivity index (χ4n) is 2.60. The maximum Gasteiger partial charge on any atom is 0.243 e. The van der Waals surface area contributed by atoms with E-state index in [1.807, 2.05) is 6.92 Å². The van der Waals surface area contributed by atoms with Crippen molar-refractivity contribution in [3.05, 3.63) is 28.9 Å². The summed E-state index contributed by atoms with van der Waals surface area (Å²) in [6.45, 7) is 10.9. The van der Waals surface area contributed by atoms with Crippen LogP contribution in [0.15, 0.2) is 4.52 Å². The summed E-state index contributed by atoms with van der Waals surface area (Å²) in [4.78, 5) is 11.3. The van der Waals surface area contributed by atoms with E-state index in [1.54, 1.807) is 0 Å². The largest absolute Gasteiger partial charge is 0.338 e. The lowest BCUT2D eigenvalue weighted by atomic mass is 10.2. The second kappa shape index (κ2) is 4.45. The van der Waals surface area contributed by atoms with Crippen LogP contribution >= 0.6 is 0 Å². The van der Waals surface area contributed by atoms with Crippen molar-refractivity contribution in [3.8, 4) is 0 Å². The number of hydrogen-bond acceptors (Lipinski definition) is 5. The molecule has 0 bridgehead atoms. The number of fused-ring (bicyclic) bond motifs is 1. The molecule has 0 saturated carbocycles. The second-order valence-electron chi connectivity index (χ2n) is 5.18. The molecular weight excluding hydrogens is 242 g/mol. The van der Waals surface area contributed by atoms with E-state index >= 15 is 0 Å². The van der Waals surface area contributed by atoms with Crippen molar-refractivity contribution >= 4 is 0 Å². The lowest BCUT2D eigenvalue weighted by Crippen LogP contribution is -2.36. The zero-order valence-corrected chi connectivity index (χ0v) is 11.8. The zero-order valence-electron chi connectivity index (χ0n) is 11.8. The smallest absolute Gasteiger partial charge is 0.243 e. The summed E-state index contributed by atoms with van der Waals surface area (Å²) < 4.78 is 7.57. The molecular formula is C13H19N5O. The molecule has 1 aliphatic rings. The Morgan fingerprint density at radius 2 is 1.95 bits per heavy atom. The quantitative estimate of drug-likeness (QED) is 0.824. The molecule has 1 aliphatic heterocycles. The molecule has 2 aromatic rings. The highest BCUT2D eigenvalue weighted by Crippen LogP contribution is 2.25. The molecule has 6 nitrogen and oxygen atoms in total. The molecule has 0 radical (unpaired) electrons. The maximum absolute atomic E-state index is 5.27. The van der Waals surface area contributed by atoms with Gasteiger partial charge in [0.15, 0.2) is 5.82 Å². The van der Waals surface area contributed by atoms with Crippen LogP contribution in [0.2, 0.25) is 0 Å². The third kappa shape index (κ3) is 2.06. The second-order valence-corrected chi connectivity index (χ2v) is 5.18. The summed E-state index contributed by atoms with van der Waals surface area (Å²) in [5, 5.41) is 3.86. The Morgan fingerprint density at radius 1 is 1.16 bits per heavy atom. The van der Waals surface area contributed by atoms with Gasteiger partial charge in [-0.1, -0.05) is 5.16 Å². The first-order chi connectivity index (χ1) is 9.06. The predicted molar refractivity (Wildman–Crippen MR) is 69.6 cm³/mol. The minimum atomic E-state index is 0.132. The number of imidazole rings is 1. The van der Waals surface area contributed by atoms with E-state index < -0.39 is 0 Å². The van der Waals surface area contributed by atoms with E-state index in [0.717, 1.165) is 31.2 Å². The van der Waals surface area contributed by atoms with Crippen LogP contribution in [-0.2, 0) is 13.1 Å². The summed E-state index contributed by atoms with van der Waals surface area (Å²) in [5.74, 6) is 2.50. The van der Waals surface area contributed by atoms with Crippen molar-refractivity contribution in [2.24, 2.45) is 0 Å². The third-order valence-electron chi connectivity index (χ3n) is 3.94. The van der Waals surface area contributed by atoms with Gasteiger partial charge in [-0.15, -0.1) is 0 Å². The number of hydrogen-bond donors (Lipinski definition) is 0. The molecule has 0 fully saturated rings. The summed E-state index contributed by atoms with van der Waals surface area (Å²) in [5.41, 5.74) is 2.40. The highest BCUT2D eigenvalue weighted by molar-refractivity contribution is 5.15. The van der Waals surface area contributed by atoms with Gasteiger partial charge in [-0.05, 0) is 27.7 Å². The van der Waals surface area contributed by atoms with E-state index in [-0.39, 0.29) is 6.04 Å². The Labute approximate surface area is 112 Å². The number of rotatable bonds is 2. The minimum Gasteiger partial charge on any atom is -0.338 e. The SMILES string of the molecule is Cc1noc([C@H](C)N2CCn3c(nc(C)c3C)C2)n1. The molecule has 0 saturated heterocycles. The molecule has 0 unspecified atom stereocenters. The van der Waals surface area contributed by atoms with Gasteiger partial charge in [-0.25, -0.2) is 4.98 Å². The summed E-state index contributed by atoms with van der Waals surface area (Å²) in [6, 6.07) is 0.132. The Balaban J connectivity index is 1.82. The van der Waals surface area contributed by atoms with E-state index in [2.05, 4.69) is 45.4 Å². The normalized spacial score (nSPS) is 17.5. The van der Waals surface area contributed by atoms with Gasteiger partial charge < -0.3 is 9.09 Å². The average Bonchev–Trinajstić information content (AvgIpc) is 2.94. The molecule has 19 heavy (non-hydrogen) atoms. The standard InChI is InChI=1S/C13H19N5O/c1-8-9(2)18-6-5-17(7-12(18)14-8)10(3)13-15-11(4)16-19-13/h10H,5-7H2,1-4H3/t10-/m0/s1. The summed E-state index contributed by atoms with van der Waals surface area (Å²) >= 11 is 0. The van der Waals surface area contributed by atoms with Crippen molar-refractivity contribution in [2.75, 3.05) is 6.54 Å². The summed E-state index contributed by atoms with van der Waals surface area (Å²) in [6.07, 6.45) is 0. The van der Waals surface area contributed by atoms with E-state index in [0.29, 0.717) is 11.7 Å². The zero-order chi connectivity index (χ0) is 13.6. The van der Waals surface area contributed by atoms with E-state index in [9.17, 15) is 0 Å². The van der Waals surface area contributed by atoms with Crippen molar-refractivity contribution in [3.63, 3.8) is 0 Å². The first kappa shape index (κ1) is 12.3. The molecule has 0 spiro atoms. The monoisotopic (exact) mass is 261 g/mol. The van der Waals surface area contributed by atoms with Gasteiger partial charge in [-0.2, -0.15) is 4.98 Å². The van der Waals surface area contributed by atoms with Crippen LogP contribution < -0.4 is 0 Å². The Morgan fingerprint density at radius 3 is 2.63 bits per heavy atom. The first-order valence-corrected chi connectivity index (χ1v) is 6.63. The molecule has 6 heteroatoms. The topological polar surface area (TPSA) is 60.0 Å². The number of nitrogens with zero attached hydrogens (tertiary/aromatic N) is 5.